The lowest BCUT2D eigenvalue weighted by molar-refractivity contribution is -0.136. The summed E-state index contributed by atoms with van der Waals surface area (Å²) in [5, 5.41) is 9.86. The number of carbonyl (C=O) groups excluding carboxylic acids is 1. The highest BCUT2D eigenvalue weighted by Crippen LogP contribution is 2.25. The molecule has 0 radical (unpaired) electrons. The Morgan fingerprint density at radius 1 is 0.962 bits per heavy atom. The largest absolute Gasteiger partial charge is 0.481 e. The van der Waals surface area contributed by atoms with E-state index in [0.29, 0.717) is 28.5 Å². The van der Waals surface area contributed by atoms with Gasteiger partial charge in [0, 0.05) is 22.8 Å². The van der Waals surface area contributed by atoms with E-state index < -0.39 is 5.97 Å². The lowest BCUT2D eigenvalue weighted by Crippen LogP contribution is -2.15. The first kappa shape index (κ1) is 18.2. The predicted molar refractivity (Wildman–Crippen MR) is 101 cm³/mol. The van der Waals surface area contributed by atoms with Crippen LogP contribution in [-0.2, 0) is 17.8 Å². The van der Waals surface area contributed by atoms with E-state index in [1.54, 1.807) is 28.8 Å². The number of halogens is 2. The van der Waals surface area contributed by atoms with Gasteiger partial charge in [0.25, 0.3) is 0 Å². The second-order valence-corrected chi connectivity index (χ2v) is 6.65. The molecule has 6 heteroatoms. The molecule has 1 N–H and O–H groups in total. The summed E-state index contributed by atoms with van der Waals surface area (Å²) in [6.45, 7) is 0.392. The van der Waals surface area contributed by atoms with Gasteiger partial charge in [0.2, 0.25) is 5.78 Å². The molecular weight excluding hydrogens is 373 g/mol. The minimum atomic E-state index is -0.957. The first-order valence-corrected chi connectivity index (χ1v) is 8.65. The maximum Gasteiger partial charge on any atom is 0.309 e. The first-order chi connectivity index (χ1) is 12.5. The molecule has 0 aliphatic carbocycles. The maximum atomic E-state index is 13.0. The van der Waals surface area contributed by atoms with Crippen LogP contribution >= 0.6 is 23.2 Å². The number of carboxylic acid groups (broad SMARTS) is 1. The fourth-order valence-corrected chi connectivity index (χ4v) is 3.28. The number of carboxylic acids is 1. The van der Waals surface area contributed by atoms with Crippen molar-refractivity contribution in [2.45, 2.75) is 13.0 Å². The Kier molecular flexibility index (Phi) is 5.45. The number of aliphatic carboxylic acids is 1. The molecule has 0 bridgehead atoms. The molecule has 0 amide bonds. The third-order valence-corrected chi connectivity index (χ3v) is 4.54. The average molecular weight is 388 g/mol. The van der Waals surface area contributed by atoms with Crippen molar-refractivity contribution >= 4 is 35.0 Å². The minimum absolute atomic E-state index is 0.172. The number of aromatic nitrogens is 1. The molecule has 0 saturated heterocycles. The zero-order valence-electron chi connectivity index (χ0n) is 13.7. The lowest BCUT2D eigenvalue weighted by Gasteiger charge is -2.13. The van der Waals surface area contributed by atoms with Crippen LogP contribution in [0.1, 0.15) is 27.3 Å². The topological polar surface area (TPSA) is 59.3 Å². The molecular formula is C20H15Cl2NO3. The second-order valence-electron chi connectivity index (χ2n) is 5.81. The molecule has 1 heterocycles. The standard InChI is InChI=1S/C20H15Cl2NO3/c21-14-6-8-16(17(22)10-14)20(26)18-9-7-15(11-19(24)25)23(18)12-13-4-2-1-3-5-13/h1-10H,11-12H2,(H,24,25). The molecule has 3 rings (SSSR count). The molecule has 2 aromatic carbocycles. The van der Waals surface area contributed by atoms with Gasteiger partial charge in [-0.1, -0.05) is 53.5 Å². The number of benzene rings is 2. The Morgan fingerprint density at radius 2 is 1.69 bits per heavy atom. The highest BCUT2D eigenvalue weighted by Gasteiger charge is 2.20. The lowest BCUT2D eigenvalue weighted by atomic mass is 10.1. The van der Waals surface area contributed by atoms with Crippen LogP contribution in [0.25, 0.3) is 0 Å². The van der Waals surface area contributed by atoms with Gasteiger partial charge in [0.15, 0.2) is 0 Å². The van der Waals surface area contributed by atoms with Crippen molar-refractivity contribution < 1.29 is 14.7 Å². The molecule has 0 aliphatic rings. The summed E-state index contributed by atoms with van der Waals surface area (Å²) in [6.07, 6.45) is -0.172. The van der Waals surface area contributed by atoms with Gasteiger partial charge >= 0.3 is 5.97 Å². The Labute approximate surface area is 160 Å². The Bertz CT molecular complexity index is 964. The molecule has 0 atom stereocenters. The van der Waals surface area contributed by atoms with E-state index in [-0.39, 0.29) is 17.2 Å². The highest BCUT2D eigenvalue weighted by atomic mass is 35.5. The van der Waals surface area contributed by atoms with E-state index in [1.165, 1.54) is 6.07 Å². The van der Waals surface area contributed by atoms with Crippen molar-refractivity contribution in [2.75, 3.05) is 0 Å². The molecule has 1 aromatic heterocycles. The fourth-order valence-electron chi connectivity index (χ4n) is 2.78. The van der Waals surface area contributed by atoms with E-state index in [2.05, 4.69) is 0 Å². The van der Waals surface area contributed by atoms with Crippen molar-refractivity contribution in [1.82, 2.24) is 4.57 Å². The van der Waals surface area contributed by atoms with Gasteiger partial charge in [-0.2, -0.15) is 0 Å². The van der Waals surface area contributed by atoms with Gasteiger partial charge in [-0.05, 0) is 35.9 Å². The fraction of sp³-hybridized carbons (Fsp3) is 0.100. The van der Waals surface area contributed by atoms with Crippen molar-refractivity contribution in [3.05, 3.63) is 93.2 Å². The summed E-state index contributed by atoms with van der Waals surface area (Å²) < 4.78 is 1.72. The van der Waals surface area contributed by atoms with Crippen LogP contribution in [0.5, 0.6) is 0 Å². The van der Waals surface area contributed by atoms with E-state index >= 15 is 0 Å². The predicted octanol–water partition coefficient (Wildman–Crippen LogP) is 4.70. The molecule has 0 fully saturated rings. The summed E-state index contributed by atoms with van der Waals surface area (Å²) in [5.74, 6) is -1.24. The van der Waals surface area contributed by atoms with Crippen LogP contribution in [0, 0.1) is 0 Å². The number of rotatable bonds is 6. The van der Waals surface area contributed by atoms with E-state index in [4.69, 9.17) is 28.3 Å². The number of carbonyl (C=O) groups is 2. The van der Waals surface area contributed by atoms with Crippen molar-refractivity contribution in [3.8, 4) is 0 Å². The van der Waals surface area contributed by atoms with E-state index in [0.717, 1.165) is 5.56 Å². The van der Waals surface area contributed by atoms with Gasteiger partial charge in [0.1, 0.15) is 0 Å². The van der Waals surface area contributed by atoms with Crippen molar-refractivity contribution in [3.63, 3.8) is 0 Å². The third kappa shape index (κ3) is 3.98. The van der Waals surface area contributed by atoms with Gasteiger partial charge in [0.05, 0.1) is 17.1 Å². The summed E-state index contributed by atoms with van der Waals surface area (Å²) in [5.41, 5.74) is 2.22. The maximum absolute atomic E-state index is 13.0. The molecule has 0 saturated carbocycles. The zero-order chi connectivity index (χ0) is 18.7. The number of hydrogen-bond acceptors (Lipinski definition) is 2. The van der Waals surface area contributed by atoms with Crippen molar-refractivity contribution in [2.24, 2.45) is 0 Å². The quantitative estimate of drug-likeness (QED) is 0.623. The minimum Gasteiger partial charge on any atom is -0.481 e. The Morgan fingerprint density at radius 3 is 2.35 bits per heavy atom. The Balaban J connectivity index is 2.04. The number of hydrogen-bond donors (Lipinski definition) is 1. The smallest absolute Gasteiger partial charge is 0.309 e. The summed E-state index contributed by atoms with van der Waals surface area (Å²) in [4.78, 5) is 24.2. The van der Waals surface area contributed by atoms with Crippen LogP contribution in [0.4, 0.5) is 0 Å². The van der Waals surface area contributed by atoms with Gasteiger partial charge in [-0.3, -0.25) is 9.59 Å². The monoisotopic (exact) mass is 387 g/mol. The van der Waals surface area contributed by atoms with Crippen molar-refractivity contribution in [1.29, 1.82) is 0 Å². The molecule has 4 nitrogen and oxygen atoms in total. The third-order valence-electron chi connectivity index (χ3n) is 4.00. The van der Waals surface area contributed by atoms with Crippen LogP contribution in [-0.4, -0.2) is 21.4 Å². The first-order valence-electron chi connectivity index (χ1n) is 7.89. The molecule has 0 unspecified atom stereocenters. The van der Waals surface area contributed by atoms with Gasteiger partial charge < -0.3 is 9.67 Å². The Hall–Kier alpha value is -2.56. The average Bonchev–Trinajstić information content (AvgIpc) is 2.97. The van der Waals surface area contributed by atoms with Gasteiger partial charge in [-0.25, -0.2) is 0 Å². The summed E-state index contributed by atoms with van der Waals surface area (Å²) >= 11 is 12.1. The second kappa shape index (κ2) is 7.77. The molecule has 0 spiro atoms. The normalized spacial score (nSPS) is 10.7. The number of ketones is 1. The van der Waals surface area contributed by atoms with Crippen LogP contribution in [0.3, 0.4) is 0 Å². The SMILES string of the molecule is O=C(O)Cc1ccc(C(=O)c2ccc(Cl)cc2Cl)n1Cc1ccccc1. The summed E-state index contributed by atoms with van der Waals surface area (Å²) in [6, 6.07) is 17.5. The molecule has 132 valence electrons. The molecule has 26 heavy (non-hydrogen) atoms. The zero-order valence-corrected chi connectivity index (χ0v) is 15.2. The molecule has 3 aromatic rings. The molecule has 0 aliphatic heterocycles. The van der Waals surface area contributed by atoms with Crippen LogP contribution in [0.2, 0.25) is 10.0 Å². The van der Waals surface area contributed by atoms with E-state index in [1.807, 2.05) is 30.3 Å². The summed E-state index contributed by atoms with van der Waals surface area (Å²) in [7, 11) is 0. The van der Waals surface area contributed by atoms with Crippen LogP contribution < -0.4 is 0 Å². The highest BCUT2D eigenvalue weighted by molar-refractivity contribution is 6.37. The van der Waals surface area contributed by atoms with Gasteiger partial charge in [-0.15, -0.1) is 0 Å². The van der Waals surface area contributed by atoms with Crippen LogP contribution in [0.15, 0.2) is 60.7 Å². The number of nitrogens with zero attached hydrogens (tertiary/aromatic N) is 1. The van der Waals surface area contributed by atoms with E-state index in [9.17, 15) is 9.59 Å².